The van der Waals surface area contributed by atoms with Crippen LogP contribution in [0, 0.1) is 6.92 Å². The largest absolute Gasteiger partial charge is 0.480 e. The number of halogens is 1. The van der Waals surface area contributed by atoms with Gasteiger partial charge in [0.2, 0.25) is 0 Å². The number of rotatable bonds is 5. The molecule has 0 fully saturated rings. The van der Waals surface area contributed by atoms with E-state index in [4.69, 9.17) is 27.0 Å². The van der Waals surface area contributed by atoms with E-state index < -0.39 is 33.1 Å². The summed E-state index contributed by atoms with van der Waals surface area (Å²) in [4.78, 5) is 21.6. The first-order valence-electron chi connectivity index (χ1n) is 5.83. The van der Waals surface area contributed by atoms with Crippen molar-refractivity contribution in [1.82, 2.24) is 5.32 Å². The number of carboxylic acids is 1. The second-order valence-electron chi connectivity index (χ2n) is 4.34. The fourth-order valence-electron chi connectivity index (χ4n) is 1.46. The molecule has 1 rings (SSSR count). The summed E-state index contributed by atoms with van der Waals surface area (Å²) in [6.07, 6.45) is 0. The van der Waals surface area contributed by atoms with Crippen molar-refractivity contribution in [1.29, 1.82) is 0 Å². The topological polar surface area (TPSA) is 159 Å². The second-order valence-corrected chi connectivity index (χ2v) is 6.13. The lowest BCUT2D eigenvalue weighted by Gasteiger charge is -2.12. The molecule has 22 heavy (non-hydrogen) atoms. The van der Waals surface area contributed by atoms with E-state index in [1.54, 1.807) is 0 Å². The van der Waals surface area contributed by atoms with Crippen LogP contribution in [0.3, 0.4) is 0 Å². The zero-order valence-corrected chi connectivity index (χ0v) is 12.9. The van der Waals surface area contributed by atoms with Gasteiger partial charge in [-0.1, -0.05) is 11.6 Å². The number of benzene rings is 1. The normalized spacial score (nSPS) is 12.5. The molecule has 0 bridgehead atoms. The van der Waals surface area contributed by atoms with Gasteiger partial charge in [0.1, 0.15) is 10.9 Å². The lowest BCUT2D eigenvalue weighted by Crippen LogP contribution is -2.43. The van der Waals surface area contributed by atoms with Crippen LogP contribution >= 0.6 is 11.6 Å². The van der Waals surface area contributed by atoms with Crippen LogP contribution in [0.15, 0.2) is 17.0 Å². The van der Waals surface area contributed by atoms with Gasteiger partial charge in [0.15, 0.2) is 0 Å². The van der Waals surface area contributed by atoms with E-state index >= 15 is 0 Å². The molecule has 0 aliphatic rings. The highest BCUT2D eigenvalue weighted by atomic mass is 35.5. The molecule has 6 N–H and O–H groups in total. The molecule has 0 saturated heterocycles. The molecule has 0 aliphatic heterocycles. The van der Waals surface area contributed by atoms with Gasteiger partial charge in [-0.2, -0.15) is 8.42 Å². The van der Waals surface area contributed by atoms with Gasteiger partial charge in [0, 0.05) is 17.3 Å². The van der Waals surface area contributed by atoms with Crippen LogP contribution in [-0.4, -0.2) is 42.7 Å². The molecule has 11 heteroatoms. The van der Waals surface area contributed by atoms with Gasteiger partial charge < -0.3 is 21.5 Å². The minimum Gasteiger partial charge on any atom is -0.480 e. The highest BCUT2D eigenvalue weighted by Crippen LogP contribution is 2.27. The maximum absolute atomic E-state index is 11.6. The average molecular weight is 352 g/mol. The van der Waals surface area contributed by atoms with Gasteiger partial charge in [-0.3, -0.25) is 9.35 Å². The fraction of sp³-hybridized carbons (Fsp3) is 0.273. The highest BCUT2D eigenvalue weighted by molar-refractivity contribution is 7.85. The minimum atomic E-state index is -4.51. The number of nitrogens with one attached hydrogen (secondary N) is 2. The third-order valence-electron chi connectivity index (χ3n) is 2.63. The molecule has 9 nitrogen and oxygen atoms in total. The van der Waals surface area contributed by atoms with E-state index in [0.29, 0.717) is 0 Å². The van der Waals surface area contributed by atoms with Crippen LogP contribution in [-0.2, 0) is 14.9 Å². The summed E-state index contributed by atoms with van der Waals surface area (Å²) in [6.45, 7) is 1.06. The number of carbonyl (C=O) groups is 2. The van der Waals surface area contributed by atoms with Gasteiger partial charge in [-0.15, -0.1) is 0 Å². The van der Waals surface area contributed by atoms with E-state index in [0.717, 1.165) is 6.07 Å². The summed E-state index contributed by atoms with van der Waals surface area (Å²) >= 11 is 5.83. The number of urea groups is 1. The van der Waals surface area contributed by atoms with E-state index in [2.05, 4.69) is 10.6 Å². The number of anilines is 1. The maximum atomic E-state index is 11.6. The molecule has 122 valence electrons. The average Bonchev–Trinajstić information content (AvgIpc) is 2.38. The zero-order chi connectivity index (χ0) is 17.1. The molecule has 0 heterocycles. The van der Waals surface area contributed by atoms with Gasteiger partial charge in [-0.25, -0.2) is 4.79 Å². The SMILES string of the molecule is Cc1c(Cl)cc(NC(=O)NC[C@H](N)C(=O)O)cc1S(=O)(=O)O. The van der Waals surface area contributed by atoms with Crippen molar-refractivity contribution in [2.24, 2.45) is 5.73 Å². The molecule has 0 aromatic heterocycles. The number of nitrogens with two attached hydrogens (primary N) is 1. The summed E-state index contributed by atoms with van der Waals surface area (Å²) in [5.41, 5.74) is 5.34. The molecular formula is C11H14ClN3O6S. The van der Waals surface area contributed by atoms with E-state index in [9.17, 15) is 18.0 Å². The Hall–Kier alpha value is -1.88. The highest BCUT2D eigenvalue weighted by Gasteiger charge is 2.18. The molecule has 1 atom stereocenters. The Kier molecular flexibility index (Phi) is 5.72. The molecule has 0 unspecified atom stereocenters. The second kappa shape index (κ2) is 6.92. The molecule has 0 spiro atoms. The monoisotopic (exact) mass is 351 g/mol. The standard InChI is InChI=1S/C11H14ClN3O6S/c1-5-7(12)2-6(3-9(5)22(19,20)21)15-11(18)14-4-8(13)10(16)17/h2-3,8H,4,13H2,1H3,(H,16,17)(H2,14,15,18)(H,19,20,21)/t8-/m0/s1. The van der Waals surface area contributed by atoms with E-state index in [1.165, 1.54) is 13.0 Å². The van der Waals surface area contributed by atoms with E-state index in [-0.39, 0.29) is 22.8 Å². The van der Waals surface area contributed by atoms with Gasteiger partial charge >= 0.3 is 12.0 Å². The summed E-state index contributed by atoms with van der Waals surface area (Å²) in [5.74, 6) is -1.28. The molecule has 1 aromatic rings. The zero-order valence-electron chi connectivity index (χ0n) is 11.3. The Morgan fingerprint density at radius 2 is 2.00 bits per heavy atom. The number of amides is 2. The molecule has 0 radical (unpaired) electrons. The predicted octanol–water partition coefficient (Wildman–Crippen LogP) is 0.429. The number of hydrogen-bond donors (Lipinski definition) is 5. The van der Waals surface area contributed by atoms with Gasteiger partial charge in [0.25, 0.3) is 10.1 Å². The first kappa shape index (κ1) is 18.2. The summed E-state index contributed by atoms with van der Waals surface area (Å²) in [6, 6.07) is 0.217. The van der Waals surface area contributed by atoms with E-state index in [1.807, 2.05) is 0 Å². The van der Waals surface area contributed by atoms with Crippen molar-refractivity contribution in [3.05, 3.63) is 22.7 Å². The predicted molar refractivity (Wildman–Crippen MR) is 78.6 cm³/mol. The lowest BCUT2D eigenvalue weighted by atomic mass is 10.2. The molecule has 0 aliphatic carbocycles. The van der Waals surface area contributed by atoms with Crippen LogP contribution in [0.2, 0.25) is 5.02 Å². The Bertz CT molecular complexity index is 706. The fourth-order valence-corrected chi connectivity index (χ4v) is 2.51. The van der Waals surface area contributed by atoms with Crippen molar-refractivity contribution in [3.63, 3.8) is 0 Å². The number of carboxylic acid groups (broad SMARTS) is 1. The first-order chi connectivity index (χ1) is 10.0. The minimum absolute atomic E-state index is 0.00428. The van der Waals surface area contributed by atoms with Crippen molar-refractivity contribution in [3.8, 4) is 0 Å². The first-order valence-corrected chi connectivity index (χ1v) is 7.65. The van der Waals surface area contributed by atoms with Crippen molar-refractivity contribution in [2.45, 2.75) is 17.9 Å². The third-order valence-corrected chi connectivity index (χ3v) is 4.00. The Labute approximate surface area is 131 Å². The van der Waals surface area contributed by atoms with Crippen molar-refractivity contribution in [2.75, 3.05) is 11.9 Å². The Balaban J connectivity index is 2.89. The number of aliphatic carboxylic acids is 1. The van der Waals surface area contributed by atoms with Gasteiger partial charge in [0.05, 0.1) is 0 Å². The van der Waals surface area contributed by atoms with Crippen molar-refractivity contribution < 1.29 is 27.7 Å². The summed E-state index contributed by atoms with van der Waals surface area (Å²) in [7, 11) is -4.51. The van der Waals surface area contributed by atoms with Crippen LogP contribution in [0.5, 0.6) is 0 Å². The van der Waals surface area contributed by atoms with Gasteiger partial charge in [-0.05, 0) is 24.6 Å². The Morgan fingerprint density at radius 3 is 2.50 bits per heavy atom. The molecule has 2 amide bonds. The van der Waals surface area contributed by atoms with Crippen LogP contribution < -0.4 is 16.4 Å². The van der Waals surface area contributed by atoms with Crippen LogP contribution in [0.4, 0.5) is 10.5 Å². The third kappa shape index (κ3) is 4.84. The molecule has 1 aromatic carbocycles. The smallest absolute Gasteiger partial charge is 0.322 e. The molecule has 0 saturated carbocycles. The lowest BCUT2D eigenvalue weighted by molar-refractivity contribution is -0.138. The Morgan fingerprint density at radius 1 is 1.41 bits per heavy atom. The summed E-state index contributed by atoms with van der Waals surface area (Å²) in [5, 5.41) is 13.0. The van der Waals surface area contributed by atoms with Crippen LogP contribution in [0.25, 0.3) is 0 Å². The summed E-state index contributed by atoms with van der Waals surface area (Å²) < 4.78 is 31.5. The van der Waals surface area contributed by atoms with Crippen LogP contribution in [0.1, 0.15) is 5.56 Å². The number of carbonyl (C=O) groups excluding carboxylic acids is 1. The quantitative estimate of drug-likeness (QED) is 0.481. The maximum Gasteiger partial charge on any atom is 0.322 e. The molecular weight excluding hydrogens is 338 g/mol. The van der Waals surface area contributed by atoms with Crippen molar-refractivity contribution >= 4 is 39.4 Å². The number of hydrogen-bond acceptors (Lipinski definition) is 5.